The molecule has 0 saturated carbocycles. The lowest BCUT2D eigenvalue weighted by molar-refractivity contribution is 0.0943. The molecule has 0 fully saturated rings. The van der Waals surface area contributed by atoms with Gasteiger partial charge in [0.25, 0.3) is 5.91 Å². The molecular weight excluding hydrogens is 344 g/mol. The van der Waals surface area contributed by atoms with Crippen LogP contribution in [0.25, 0.3) is 10.2 Å². The predicted molar refractivity (Wildman–Crippen MR) is 97.6 cm³/mol. The van der Waals surface area contributed by atoms with Crippen molar-refractivity contribution in [2.24, 2.45) is 0 Å². The van der Waals surface area contributed by atoms with Crippen LogP contribution in [0.5, 0.6) is 0 Å². The molecular formula is C17H12N2OS3. The fourth-order valence-electron chi connectivity index (χ4n) is 2.38. The van der Waals surface area contributed by atoms with Crippen molar-refractivity contribution in [2.45, 2.75) is 6.04 Å². The van der Waals surface area contributed by atoms with E-state index in [9.17, 15) is 4.79 Å². The summed E-state index contributed by atoms with van der Waals surface area (Å²) in [6, 6.07) is 13.8. The van der Waals surface area contributed by atoms with Crippen LogP contribution in [0.4, 0.5) is 0 Å². The van der Waals surface area contributed by atoms with Crippen molar-refractivity contribution in [3.05, 3.63) is 74.1 Å². The second kappa shape index (κ2) is 6.23. The Bertz CT molecular complexity index is 859. The van der Waals surface area contributed by atoms with Crippen molar-refractivity contribution >= 4 is 50.1 Å². The summed E-state index contributed by atoms with van der Waals surface area (Å²) in [6.45, 7) is 0. The second-order valence-corrected chi connectivity index (χ2v) is 7.76. The highest BCUT2D eigenvalue weighted by atomic mass is 32.1. The van der Waals surface area contributed by atoms with Crippen LogP contribution in [-0.4, -0.2) is 10.9 Å². The average Bonchev–Trinajstić information content (AvgIpc) is 3.33. The van der Waals surface area contributed by atoms with Gasteiger partial charge in [-0.25, -0.2) is 4.98 Å². The Hall–Kier alpha value is -2.02. The van der Waals surface area contributed by atoms with E-state index in [4.69, 9.17) is 0 Å². The maximum atomic E-state index is 12.7. The number of hydrogen-bond donors (Lipinski definition) is 1. The molecule has 3 aromatic heterocycles. The van der Waals surface area contributed by atoms with E-state index in [1.54, 1.807) is 22.7 Å². The minimum Gasteiger partial charge on any atom is -0.338 e. The minimum absolute atomic E-state index is 0.124. The third-order valence-electron chi connectivity index (χ3n) is 3.47. The molecule has 0 unspecified atom stereocenters. The monoisotopic (exact) mass is 356 g/mol. The number of aromatic nitrogens is 1. The SMILES string of the molecule is O=C(N[C@H](c1ccsc1)c1cccs1)c1nc2ccccc2s1. The molecule has 0 saturated heterocycles. The lowest BCUT2D eigenvalue weighted by Crippen LogP contribution is -2.28. The molecule has 23 heavy (non-hydrogen) atoms. The molecule has 3 heterocycles. The van der Waals surface area contributed by atoms with E-state index < -0.39 is 0 Å². The number of carbonyl (C=O) groups excluding carboxylic acids is 1. The molecule has 0 bridgehead atoms. The third-order valence-corrected chi connectivity index (χ3v) is 6.14. The quantitative estimate of drug-likeness (QED) is 0.563. The molecule has 0 spiro atoms. The molecule has 114 valence electrons. The van der Waals surface area contributed by atoms with Crippen LogP contribution in [0.2, 0.25) is 0 Å². The Kier molecular flexibility index (Phi) is 3.95. The van der Waals surface area contributed by atoms with Gasteiger partial charge in [0.2, 0.25) is 0 Å². The topological polar surface area (TPSA) is 42.0 Å². The number of hydrogen-bond acceptors (Lipinski definition) is 5. The van der Waals surface area contributed by atoms with Crippen LogP contribution in [0.3, 0.4) is 0 Å². The van der Waals surface area contributed by atoms with Crippen LogP contribution >= 0.6 is 34.0 Å². The number of nitrogens with zero attached hydrogens (tertiary/aromatic N) is 1. The number of rotatable bonds is 4. The summed E-state index contributed by atoms with van der Waals surface area (Å²) in [5.41, 5.74) is 1.97. The summed E-state index contributed by atoms with van der Waals surface area (Å²) in [7, 11) is 0. The van der Waals surface area contributed by atoms with Gasteiger partial charge in [0, 0.05) is 4.88 Å². The van der Waals surface area contributed by atoms with Gasteiger partial charge in [-0.2, -0.15) is 11.3 Å². The zero-order valence-corrected chi connectivity index (χ0v) is 14.4. The van der Waals surface area contributed by atoms with Crippen LogP contribution in [-0.2, 0) is 0 Å². The van der Waals surface area contributed by atoms with Crippen molar-refractivity contribution in [2.75, 3.05) is 0 Å². The molecule has 0 aliphatic rings. The smallest absolute Gasteiger partial charge is 0.281 e. The Morgan fingerprint density at radius 3 is 2.74 bits per heavy atom. The minimum atomic E-state index is -0.129. The van der Waals surface area contributed by atoms with E-state index >= 15 is 0 Å². The zero-order chi connectivity index (χ0) is 15.6. The number of nitrogens with one attached hydrogen (secondary N) is 1. The molecule has 4 rings (SSSR count). The van der Waals surface area contributed by atoms with Gasteiger partial charge in [-0.1, -0.05) is 18.2 Å². The lowest BCUT2D eigenvalue weighted by atomic mass is 10.1. The van der Waals surface area contributed by atoms with Crippen LogP contribution in [0.1, 0.15) is 26.3 Å². The second-order valence-electron chi connectivity index (χ2n) is 4.97. The first-order valence-electron chi connectivity index (χ1n) is 7.03. The van der Waals surface area contributed by atoms with Gasteiger partial charge in [0.15, 0.2) is 5.01 Å². The van der Waals surface area contributed by atoms with E-state index in [2.05, 4.69) is 15.7 Å². The molecule has 6 heteroatoms. The van der Waals surface area contributed by atoms with Gasteiger partial charge in [0.1, 0.15) is 0 Å². The number of amides is 1. The fourth-order valence-corrected chi connectivity index (χ4v) is 4.73. The highest BCUT2D eigenvalue weighted by Crippen LogP contribution is 2.29. The summed E-state index contributed by atoms with van der Waals surface area (Å²) >= 11 is 4.70. The summed E-state index contributed by atoms with van der Waals surface area (Å²) in [5.74, 6) is -0.129. The van der Waals surface area contributed by atoms with Crippen LogP contribution < -0.4 is 5.32 Å². The van der Waals surface area contributed by atoms with Crippen molar-refractivity contribution in [1.82, 2.24) is 10.3 Å². The van der Waals surface area contributed by atoms with Crippen molar-refractivity contribution in [3.63, 3.8) is 0 Å². The van der Waals surface area contributed by atoms with Gasteiger partial charge >= 0.3 is 0 Å². The summed E-state index contributed by atoms with van der Waals surface area (Å²) in [5, 5.41) is 9.75. The maximum Gasteiger partial charge on any atom is 0.281 e. The largest absolute Gasteiger partial charge is 0.338 e. The third kappa shape index (κ3) is 2.93. The summed E-state index contributed by atoms with van der Waals surface area (Å²) in [4.78, 5) is 18.2. The molecule has 3 nitrogen and oxygen atoms in total. The van der Waals surface area contributed by atoms with E-state index in [0.717, 1.165) is 20.7 Å². The summed E-state index contributed by atoms with van der Waals surface area (Å²) < 4.78 is 1.03. The Morgan fingerprint density at radius 2 is 2.00 bits per heavy atom. The van der Waals surface area contributed by atoms with Gasteiger partial charge < -0.3 is 5.32 Å². The number of thiazole rings is 1. The standard InChI is InChI=1S/C17H12N2OS3/c20-16(17-18-12-4-1-2-5-13(12)23-17)19-15(11-7-9-21-10-11)14-6-3-8-22-14/h1-10,15H,(H,19,20)/t15-/m1/s1. The van der Waals surface area contributed by atoms with Crippen LogP contribution in [0, 0.1) is 0 Å². The fraction of sp³-hybridized carbons (Fsp3) is 0.0588. The number of thiophene rings is 2. The molecule has 4 aromatic rings. The number of carbonyl (C=O) groups is 1. The first kappa shape index (κ1) is 14.6. The van der Waals surface area contributed by atoms with Crippen molar-refractivity contribution < 1.29 is 4.79 Å². The first-order chi connectivity index (χ1) is 11.3. The molecule has 1 atom stereocenters. The maximum absolute atomic E-state index is 12.7. The summed E-state index contributed by atoms with van der Waals surface area (Å²) in [6.07, 6.45) is 0. The normalized spacial score (nSPS) is 12.3. The van der Waals surface area contributed by atoms with Gasteiger partial charge in [-0.15, -0.1) is 22.7 Å². The highest BCUT2D eigenvalue weighted by Gasteiger charge is 2.21. The average molecular weight is 356 g/mol. The zero-order valence-electron chi connectivity index (χ0n) is 11.9. The van der Waals surface area contributed by atoms with Gasteiger partial charge in [0.05, 0.1) is 16.3 Å². The number of benzene rings is 1. The number of para-hydroxylation sites is 1. The van der Waals surface area contributed by atoms with E-state index in [1.165, 1.54) is 11.3 Å². The Balaban J connectivity index is 1.65. The molecule has 0 aliphatic heterocycles. The van der Waals surface area contributed by atoms with Crippen LogP contribution in [0.15, 0.2) is 58.6 Å². The highest BCUT2D eigenvalue weighted by molar-refractivity contribution is 7.20. The molecule has 1 amide bonds. The van der Waals surface area contributed by atoms with Gasteiger partial charge in [-0.3, -0.25) is 4.79 Å². The molecule has 1 aromatic carbocycles. The first-order valence-corrected chi connectivity index (χ1v) is 9.67. The molecule has 1 N–H and O–H groups in total. The van der Waals surface area contributed by atoms with Crippen molar-refractivity contribution in [3.8, 4) is 0 Å². The predicted octanol–water partition coefficient (Wildman–Crippen LogP) is 4.94. The van der Waals surface area contributed by atoms with Gasteiger partial charge in [-0.05, 0) is 46.0 Å². The van der Waals surface area contributed by atoms with Crippen molar-refractivity contribution in [1.29, 1.82) is 0 Å². The van der Waals surface area contributed by atoms with E-state index in [-0.39, 0.29) is 11.9 Å². The lowest BCUT2D eigenvalue weighted by Gasteiger charge is -2.15. The Labute approximate surface area is 145 Å². The molecule has 0 aliphatic carbocycles. The van der Waals surface area contributed by atoms with E-state index in [0.29, 0.717) is 5.01 Å². The van der Waals surface area contributed by atoms with E-state index in [1.807, 2.05) is 53.2 Å². The molecule has 0 radical (unpaired) electrons. The Morgan fingerprint density at radius 1 is 1.09 bits per heavy atom. The number of fused-ring (bicyclic) bond motifs is 1.